The lowest BCUT2D eigenvalue weighted by atomic mass is 10.3. The molecule has 1 heterocycles. The van der Waals surface area contributed by atoms with Crippen molar-refractivity contribution >= 4 is 23.4 Å². The summed E-state index contributed by atoms with van der Waals surface area (Å²) >= 11 is 1.10. The smallest absolute Gasteiger partial charge is 0.442 e. The molecule has 1 atom stereocenters. The summed E-state index contributed by atoms with van der Waals surface area (Å²) < 4.78 is 16.7. The van der Waals surface area contributed by atoms with E-state index in [1.54, 1.807) is 69.7 Å². The predicted molar refractivity (Wildman–Crippen MR) is 104 cm³/mol. The van der Waals surface area contributed by atoms with E-state index in [2.05, 4.69) is 10.6 Å². The number of aromatic nitrogens is 2. The van der Waals surface area contributed by atoms with E-state index >= 15 is 0 Å². The normalized spacial score (nSPS) is 11.7. The van der Waals surface area contributed by atoms with Gasteiger partial charge in [-0.05, 0) is 52.9 Å². The Morgan fingerprint density at radius 1 is 1.14 bits per heavy atom. The van der Waals surface area contributed by atoms with Gasteiger partial charge in [0.15, 0.2) is 0 Å². The molecule has 0 aliphatic rings. The van der Waals surface area contributed by atoms with E-state index in [9.17, 15) is 9.59 Å². The van der Waals surface area contributed by atoms with Crippen LogP contribution in [0.3, 0.4) is 0 Å². The van der Waals surface area contributed by atoms with E-state index in [0.29, 0.717) is 22.9 Å². The Morgan fingerprint density at radius 3 is 2.54 bits per heavy atom. The molecule has 0 radical (unpaired) electrons. The number of carbonyl (C=O) groups is 1. The van der Waals surface area contributed by atoms with Crippen molar-refractivity contribution in [2.45, 2.75) is 17.2 Å². The number of hydrogen-bond donors (Lipinski definition) is 2. The van der Waals surface area contributed by atoms with Gasteiger partial charge >= 0.3 is 10.7 Å². The molecular formula is C19H20N3O5S+. The number of methoxy groups -OCH3 is 2. The van der Waals surface area contributed by atoms with Crippen LogP contribution in [0.15, 0.2) is 62.9 Å². The Labute approximate surface area is 165 Å². The second-order valence-corrected chi connectivity index (χ2v) is 7.13. The van der Waals surface area contributed by atoms with Gasteiger partial charge in [-0.3, -0.25) is 9.32 Å². The minimum Gasteiger partial charge on any atom is -0.497 e. The second-order valence-electron chi connectivity index (χ2n) is 5.80. The zero-order valence-electron chi connectivity index (χ0n) is 15.6. The third-order valence-corrected chi connectivity index (χ3v) is 5.07. The van der Waals surface area contributed by atoms with Crippen molar-refractivity contribution in [2.75, 3.05) is 19.5 Å². The summed E-state index contributed by atoms with van der Waals surface area (Å²) in [6.07, 6.45) is 0. The maximum absolute atomic E-state index is 12.5. The number of benzene rings is 2. The lowest BCUT2D eigenvalue weighted by molar-refractivity contribution is -0.704. The Balaban J connectivity index is 1.76. The predicted octanol–water partition coefficient (Wildman–Crippen LogP) is 2.38. The molecule has 0 aliphatic heterocycles. The van der Waals surface area contributed by atoms with Crippen LogP contribution in [0.5, 0.6) is 11.5 Å². The quantitative estimate of drug-likeness (QED) is 0.465. The SMILES string of the molecule is COc1ccc(-[n+]2[nH]oc(=O)c2SC(C)C(=O)Nc2cccc(OC)c2)cc1. The molecule has 1 amide bonds. The van der Waals surface area contributed by atoms with Crippen LogP contribution in [-0.2, 0) is 4.79 Å². The molecule has 0 fully saturated rings. The summed E-state index contributed by atoms with van der Waals surface area (Å²) in [6, 6.07) is 14.1. The first-order chi connectivity index (χ1) is 13.5. The van der Waals surface area contributed by atoms with Gasteiger partial charge in [0.25, 0.3) is 0 Å². The molecule has 8 nitrogen and oxygen atoms in total. The maximum atomic E-state index is 12.5. The Kier molecular flexibility index (Phi) is 6.05. The number of aromatic amines is 1. The lowest BCUT2D eigenvalue weighted by Crippen LogP contribution is -2.37. The fourth-order valence-electron chi connectivity index (χ4n) is 2.43. The number of amides is 1. The number of nitrogens with zero attached hydrogens (tertiary/aromatic N) is 1. The number of rotatable bonds is 7. The van der Waals surface area contributed by atoms with Crippen molar-refractivity contribution in [2.24, 2.45) is 0 Å². The summed E-state index contributed by atoms with van der Waals surface area (Å²) in [5.41, 5.74) is 0.734. The minimum absolute atomic E-state index is 0.250. The first-order valence-corrected chi connectivity index (χ1v) is 9.29. The molecule has 2 aromatic carbocycles. The highest BCUT2D eigenvalue weighted by molar-refractivity contribution is 8.00. The molecule has 3 rings (SSSR count). The van der Waals surface area contributed by atoms with Crippen molar-refractivity contribution in [3.63, 3.8) is 0 Å². The molecular weight excluding hydrogens is 382 g/mol. The van der Waals surface area contributed by atoms with E-state index in [-0.39, 0.29) is 10.9 Å². The van der Waals surface area contributed by atoms with Crippen LogP contribution < -0.4 is 25.1 Å². The van der Waals surface area contributed by atoms with Crippen LogP contribution in [-0.4, -0.2) is 30.6 Å². The van der Waals surface area contributed by atoms with Gasteiger partial charge in [-0.2, -0.15) is 0 Å². The first-order valence-electron chi connectivity index (χ1n) is 8.41. The number of anilines is 1. The number of thioether (sulfide) groups is 1. The second kappa shape index (κ2) is 8.66. The van der Waals surface area contributed by atoms with Gasteiger partial charge in [-0.15, -0.1) is 0 Å². The standard InChI is InChI=1S/C19H19N3O5S/c1-12(17(23)20-13-5-4-6-16(11-13)26-3)28-18-19(24)27-21-22(18)14-7-9-15(25-2)10-8-14/h4-12H,1-3H3,(H-,20,21,23,24)/p+1. The molecule has 0 spiro atoms. The average Bonchev–Trinajstić information content (AvgIpc) is 3.08. The molecule has 0 aliphatic carbocycles. The third kappa shape index (κ3) is 4.37. The van der Waals surface area contributed by atoms with Crippen molar-refractivity contribution < 1.29 is 23.5 Å². The number of nitrogens with one attached hydrogen (secondary N) is 2. The van der Waals surface area contributed by atoms with Gasteiger partial charge in [0, 0.05) is 23.9 Å². The van der Waals surface area contributed by atoms with E-state index in [0.717, 1.165) is 11.8 Å². The highest BCUT2D eigenvalue weighted by Crippen LogP contribution is 2.22. The van der Waals surface area contributed by atoms with E-state index in [1.165, 1.54) is 4.68 Å². The summed E-state index contributed by atoms with van der Waals surface area (Å²) in [4.78, 5) is 24.7. The van der Waals surface area contributed by atoms with Crippen LogP contribution >= 0.6 is 11.8 Å². The van der Waals surface area contributed by atoms with Crippen molar-refractivity contribution in [3.8, 4) is 17.2 Å². The minimum atomic E-state index is -0.554. The molecule has 1 unspecified atom stereocenters. The van der Waals surface area contributed by atoms with Gasteiger partial charge in [-0.25, -0.2) is 4.79 Å². The number of carbonyl (C=O) groups excluding carboxylic acids is 1. The highest BCUT2D eigenvalue weighted by atomic mass is 32.2. The summed E-state index contributed by atoms with van der Waals surface area (Å²) in [6.45, 7) is 1.71. The Bertz CT molecular complexity index is 1010. The van der Waals surface area contributed by atoms with Gasteiger partial charge in [-0.1, -0.05) is 6.07 Å². The first kappa shape index (κ1) is 19.6. The topological polar surface area (TPSA) is 97.4 Å². The average molecular weight is 402 g/mol. The van der Waals surface area contributed by atoms with Crippen LogP contribution in [0.1, 0.15) is 6.92 Å². The van der Waals surface area contributed by atoms with Crippen molar-refractivity contribution in [3.05, 3.63) is 59.0 Å². The number of ether oxygens (including phenoxy) is 2. The molecule has 28 heavy (non-hydrogen) atoms. The van der Waals surface area contributed by atoms with E-state index in [4.69, 9.17) is 14.0 Å². The number of hydrogen-bond acceptors (Lipinski definition) is 6. The van der Waals surface area contributed by atoms with Crippen LogP contribution in [0.2, 0.25) is 0 Å². The molecule has 1 aromatic heterocycles. The van der Waals surface area contributed by atoms with Gasteiger partial charge in [0.2, 0.25) is 11.6 Å². The molecule has 9 heteroatoms. The monoisotopic (exact) mass is 402 g/mol. The molecule has 3 aromatic rings. The lowest BCUT2D eigenvalue weighted by Gasteiger charge is -2.10. The van der Waals surface area contributed by atoms with E-state index < -0.39 is 10.9 Å². The summed E-state index contributed by atoms with van der Waals surface area (Å²) in [7, 11) is 3.13. The molecule has 0 bridgehead atoms. The van der Waals surface area contributed by atoms with Crippen LogP contribution in [0.25, 0.3) is 5.69 Å². The zero-order valence-corrected chi connectivity index (χ0v) is 16.4. The molecule has 146 valence electrons. The Hall–Kier alpha value is -3.20. The zero-order chi connectivity index (χ0) is 20.1. The van der Waals surface area contributed by atoms with Gasteiger partial charge in [0.1, 0.15) is 11.5 Å². The maximum Gasteiger partial charge on any atom is 0.442 e. The van der Waals surface area contributed by atoms with E-state index in [1.807, 2.05) is 0 Å². The third-order valence-electron chi connectivity index (χ3n) is 3.93. The molecule has 2 N–H and O–H groups in total. The highest BCUT2D eigenvalue weighted by Gasteiger charge is 2.29. The van der Waals surface area contributed by atoms with Gasteiger partial charge < -0.3 is 14.8 Å². The largest absolute Gasteiger partial charge is 0.497 e. The van der Waals surface area contributed by atoms with Crippen molar-refractivity contribution in [1.29, 1.82) is 0 Å². The Morgan fingerprint density at radius 2 is 1.86 bits per heavy atom. The summed E-state index contributed by atoms with van der Waals surface area (Å²) in [5.74, 6) is 1.08. The molecule has 0 saturated carbocycles. The molecule has 0 saturated heterocycles. The number of H-pyrrole nitrogens is 1. The fourth-order valence-corrected chi connectivity index (χ4v) is 3.32. The fraction of sp³-hybridized carbons (Fsp3) is 0.211. The van der Waals surface area contributed by atoms with Crippen LogP contribution in [0, 0.1) is 0 Å². The summed E-state index contributed by atoms with van der Waals surface area (Å²) in [5, 5.41) is 5.09. The van der Waals surface area contributed by atoms with Crippen LogP contribution in [0.4, 0.5) is 5.69 Å². The van der Waals surface area contributed by atoms with Crippen molar-refractivity contribution in [1.82, 2.24) is 5.27 Å². The van der Waals surface area contributed by atoms with Gasteiger partial charge in [0.05, 0.1) is 19.5 Å².